The molecule has 0 fully saturated rings. The van der Waals surface area contributed by atoms with Crippen LogP contribution in [-0.4, -0.2) is 42.3 Å². The van der Waals surface area contributed by atoms with Gasteiger partial charge in [0.25, 0.3) is 0 Å². The fraction of sp³-hybridized carbons (Fsp3) is 0.381. The van der Waals surface area contributed by atoms with Gasteiger partial charge in [-0.1, -0.05) is 11.6 Å². The van der Waals surface area contributed by atoms with Gasteiger partial charge in [-0.15, -0.1) is 0 Å². The maximum absolute atomic E-state index is 12.8. The number of carbonyl (C=O) groups excluding carboxylic acids is 3. The largest absolute Gasteiger partial charge is 0.493 e. The number of aryl methyl sites for hydroxylation is 1. The molecule has 0 amide bonds. The molecule has 1 aromatic heterocycles. The minimum Gasteiger partial charge on any atom is -0.493 e. The second kappa shape index (κ2) is 9.13. The molecule has 2 aromatic rings. The van der Waals surface area contributed by atoms with Gasteiger partial charge in [0.15, 0.2) is 23.4 Å². The van der Waals surface area contributed by atoms with E-state index in [4.69, 9.17) is 25.8 Å². The van der Waals surface area contributed by atoms with E-state index in [1.165, 1.54) is 33.1 Å². The third-order valence-electron chi connectivity index (χ3n) is 4.44. The summed E-state index contributed by atoms with van der Waals surface area (Å²) in [7, 11) is 1.43. The van der Waals surface area contributed by atoms with E-state index in [2.05, 4.69) is 4.98 Å². The van der Waals surface area contributed by atoms with Gasteiger partial charge in [-0.05, 0) is 52.3 Å². The monoisotopic (exact) mass is 421 g/mol. The quantitative estimate of drug-likeness (QED) is 0.503. The second-order valence-electron chi connectivity index (χ2n) is 6.52. The number of ketones is 2. The number of Topliss-reactive ketones (excluding diaryl/α,β-unsaturated/α-hetero) is 2. The third kappa shape index (κ3) is 4.62. The zero-order chi connectivity index (χ0) is 21.9. The van der Waals surface area contributed by atoms with Crippen molar-refractivity contribution < 1.29 is 28.6 Å². The summed E-state index contributed by atoms with van der Waals surface area (Å²) in [5.74, 6) is -0.702. The molecule has 0 saturated heterocycles. The predicted molar refractivity (Wildman–Crippen MR) is 109 cm³/mol. The van der Waals surface area contributed by atoms with Crippen LogP contribution in [0.4, 0.5) is 0 Å². The van der Waals surface area contributed by atoms with Crippen LogP contribution in [0, 0.1) is 13.8 Å². The Morgan fingerprint density at radius 2 is 1.86 bits per heavy atom. The van der Waals surface area contributed by atoms with E-state index < -0.39 is 17.9 Å². The van der Waals surface area contributed by atoms with Crippen LogP contribution in [0.3, 0.4) is 0 Å². The molecule has 7 nitrogen and oxygen atoms in total. The van der Waals surface area contributed by atoms with Crippen LogP contribution >= 0.6 is 11.6 Å². The first-order valence-electron chi connectivity index (χ1n) is 9.07. The molecule has 1 atom stereocenters. The number of esters is 1. The molecular weight excluding hydrogens is 398 g/mol. The lowest BCUT2D eigenvalue weighted by Gasteiger charge is -2.15. The highest BCUT2D eigenvalue weighted by atomic mass is 35.5. The lowest BCUT2D eigenvalue weighted by molar-refractivity contribution is 0.0316. The van der Waals surface area contributed by atoms with E-state index >= 15 is 0 Å². The molecule has 1 heterocycles. The minimum absolute atomic E-state index is 0.124. The molecular formula is C21H24ClNO6. The number of ether oxygens (including phenoxy) is 3. The first kappa shape index (κ1) is 22.5. The fourth-order valence-corrected chi connectivity index (χ4v) is 3.40. The Morgan fingerprint density at radius 1 is 1.21 bits per heavy atom. The van der Waals surface area contributed by atoms with E-state index in [9.17, 15) is 14.4 Å². The summed E-state index contributed by atoms with van der Waals surface area (Å²) in [6.45, 7) is 8.47. The van der Waals surface area contributed by atoms with Crippen molar-refractivity contribution in [1.29, 1.82) is 0 Å². The number of rotatable bonds is 8. The first-order valence-corrected chi connectivity index (χ1v) is 9.45. The Morgan fingerprint density at radius 3 is 2.38 bits per heavy atom. The van der Waals surface area contributed by atoms with Gasteiger partial charge in [-0.3, -0.25) is 9.59 Å². The van der Waals surface area contributed by atoms with Gasteiger partial charge in [-0.25, -0.2) is 4.79 Å². The number of aromatic amines is 1. The van der Waals surface area contributed by atoms with Crippen molar-refractivity contribution in [1.82, 2.24) is 4.98 Å². The molecule has 8 heteroatoms. The molecule has 0 spiro atoms. The number of carbonyl (C=O) groups is 3. The Balaban J connectivity index is 2.25. The summed E-state index contributed by atoms with van der Waals surface area (Å²) < 4.78 is 16.0. The molecule has 2 rings (SSSR count). The molecule has 0 radical (unpaired) electrons. The maximum Gasteiger partial charge on any atom is 0.339 e. The highest BCUT2D eigenvalue weighted by molar-refractivity contribution is 6.32. The van der Waals surface area contributed by atoms with Crippen molar-refractivity contribution in [3.8, 4) is 11.5 Å². The zero-order valence-corrected chi connectivity index (χ0v) is 18.0. The Bertz CT molecular complexity index is 963. The SMILES string of the molecule is CCOc1c(Cl)cc(C(=O)O[C@@H](C)C(=O)c2[nH]c(C)c(C(C)=O)c2C)cc1OC. The van der Waals surface area contributed by atoms with Crippen LogP contribution in [0.15, 0.2) is 12.1 Å². The summed E-state index contributed by atoms with van der Waals surface area (Å²) in [6.07, 6.45) is -1.07. The molecule has 0 aliphatic carbocycles. The van der Waals surface area contributed by atoms with Crippen LogP contribution < -0.4 is 9.47 Å². The fourth-order valence-electron chi connectivity index (χ4n) is 3.13. The average molecular weight is 422 g/mol. The van der Waals surface area contributed by atoms with Gasteiger partial charge in [0.1, 0.15) is 0 Å². The number of benzene rings is 1. The average Bonchev–Trinajstić information content (AvgIpc) is 2.96. The smallest absolute Gasteiger partial charge is 0.339 e. The number of hydrogen-bond donors (Lipinski definition) is 1. The van der Waals surface area contributed by atoms with E-state index in [0.717, 1.165) is 0 Å². The van der Waals surface area contributed by atoms with E-state index in [1.807, 2.05) is 0 Å². The third-order valence-corrected chi connectivity index (χ3v) is 4.72. The molecule has 1 N–H and O–H groups in total. The Kier molecular flexibility index (Phi) is 7.08. The minimum atomic E-state index is -1.07. The lowest BCUT2D eigenvalue weighted by atomic mass is 10.0. The maximum atomic E-state index is 12.8. The predicted octanol–water partition coefficient (Wildman–Crippen LogP) is 4.32. The van der Waals surface area contributed by atoms with Crippen LogP contribution in [0.2, 0.25) is 5.02 Å². The molecule has 0 unspecified atom stereocenters. The molecule has 29 heavy (non-hydrogen) atoms. The summed E-state index contributed by atoms with van der Waals surface area (Å²) >= 11 is 6.19. The summed E-state index contributed by atoms with van der Waals surface area (Å²) in [6, 6.07) is 2.83. The number of nitrogens with one attached hydrogen (secondary N) is 1. The van der Waals surface area contributed by atoms with Crippen molar-refractivity contribution in [2.24, 2.45) is 0 Å². The lowest BCUT2D eigenvalue weighted by Crippen LogP contribution is -2.25. The number of hydrogen-bond acceptors (Lipinski definition) is 6. The highest BCUT2D eigenvalue weighted by Gasteiger charge is 2.27. The van der Waals surface area contributed by atoms with Crippen LogP contribution in [0.25, 0.3) is 0 Å². The van der Waals surface area contributed by atoms with Crippen molar-refractivity contribution in [2.75, 3.05) is 13.7 Å². The Hall–Kier alpha value is -2.80. The Labute approximate surface area is 174 Å². The van der Waals surface area contributed by atoms with Crippen LogP contribution in [-0.2, 0) is 4.74 Å². The number of H-pyrrole nitrogens is 1. The highest BCUT2D eigenvalue weighted by Crippen LogP contribution is 2.36. The van der Waals surface area contributed by atoms with E-state index in [0.29, 0.717) is 29.2 Å². The topological polar surface area (TPSA) is 94.7 Å². The van der Waals surface area contributed by atoms with Crippen LogP contribution in [0.1, 0.15) is 63.2 Å². The molecule has 156 valence electrons. The van der Waals surface area contributed by atoms with Crippen molar-refractivity contribution in [2.45, 2.75) is 40.7 Å². The summed E-state index contributed by atoms with van der Waals surface area (Å²) in [5.41, 5.74) is 1.97. The number of aromatic nitrogens is 1. The van der Waals surface area contributed by atoms with Crippen LogP contribution in [0.5, 0.6) is 11.5 Å². The first-order chi connectivity index (χ1) is 13.6. The second-order valence-corrected chi connectivity index (χ2v) is 6.92. The molecule has 0 bridgehead atoms. The number of halogens is 1. The molecule has 1 aromatic carbocycles. The zero-order valence-electron chi connectivity index (χ0n) is 17.3. The molecule has 0 saturated carbocycles. The van der Waals surface area contributed by atoms with Gasteiger partial charge < -0.3 is 19.2 Å². The standard InChI is InChI=1S/C21H24ClNO6/c1-7-28-20-15(22)8-14(9-16(20)27-6)21(26)29-13(5)19(25)18-10(2)17(12(4)24)11(3)23-18/h8-9,13,23H,7H2,1-6H3/t13-/m0/s1. The van der Waals surface area contributed by atoms with Crippen molar-refractivity contribution >= 4 is 29.1 Å². The van der Waals surface area contributed by atoms with Gasteiger partial charge in [0.2, 0.25) is 5.78 Å². The van der Waals surface area contributed by atoms with Crippen molar-refractivity contribution in [3.05, 3.63) is 45.2 Å². The van der Waals surface area contributed by atoms with Crippen molar-refractivity contribution in [3.63, 3.8) is 0 Å². The molecule has 0 aliphatic rings. The van der Waals surface area contributed by atoms with E-state index in [-0.39, 0.29) is 27.8 Å². The normalized spacial score (nSPS) is 11.7. The van der Waals surface area contributed by atoms with E-state index in [1.54, 1.807) is 20.8 Å². The van der Waals surface area contributed by atoms with Gasteiger partial charge >= 0.3 is 5.97 Å². The summed E-state index contributed by atoms with van der Waals surface area (Å²) in [5, 5.41) is 0.194. The van der Waals surface area contributed by atoms with Gasteiger partial charge in [-0.2, -0.15) is 0 Å². The molecule has 0 aliphatic heterocycles. The number of methoxy groups -OCH3 is 1. The van der Waals surface area contributed by atoms with Gasteiger partial charge in [0.05, 0.1) is 30.0 Å². The van der Waals surface area contributed by atoms with Gasteiger partial charge in [0, 0.05) is 11.3 Å². The summed E-state index contributed by atoms with van der Waals surface area (Å²) in [4.78, 5) is 40.0.